The third-order valence-electron chi connectivity index (χ3n) is 9.81. The minimum Gasteiger partial charge on any atom is -0.492 e. The van der Waals surface area contributed by atoms with E-state index in [1.807, 2.05) is 6.07 Å². The van der Waals surface area contributed by atoms with E-state index in [2.05, 4.69) is 32.8 Å². The molecule has 4 atom stereocenters. The Hall–Kier alpha value is -3.50. The Morgan fingerprint density at radius 2 is 1.89 bits per heavy atom. The smallest absolute Gasteiger partial charge is 0.414 e. The zero-order valence-corrected chi connectivity index (χ0v) is 27.1. The minimum atomic E-state index is -2.77. The number of alkyl halides is 3. The summed E-state index contributed by atoms with van der Waals surface area (Å²) in [6.45, 7) is 3.22. The molecule has 6 N–H and O–H groups in total. The molecule has 1 saturated carbocycles. The van der Waals surface area contributed by atoms with Crippen LogP contribution in [0.5, 0.6) is 5.75 Å². The summed E-state index contributed by atoms with van der Waals surface area (Å²) >= 11 is 17.2. The van der Waals surface area contributed by atoms with E-state index in [0.717, 1.165) is 29.7 Å². The zero-order chi connectivity index (χ0) is 33.5. The van der Waals surface area contributed by atoms with Gasteiger partial charge in [0.15, 0.2) is 5.66 Å². The van der Waals surface area contributed by atoms with Crippen molar-refractivity contribution in [2.75, 3.05) is 26.3 Å². The van der Waals surface area contributed by atoms with Crippen molar-refractivity contribution >= 4 is 64.6 Å². The van der Waals surface area contributed by atoms with Gasteiger partial charge in [0.05, 0.1) is 36.6 Å². The van der Waals surface area contributed by atoms with Gasteiger partial charge in [-0.3, -0.25) is 24.6 Å². The summed E-state index contributed by atoms with van der Waals surface area (Å²) in [6.07, 6.45) is 1.83. The molecule has 1 aromatic rings. The molecule has 6 aliphatic rings. The van der Waals surface area contributed by atoms with Crippen molar-refractivity contribution in [1.29, 1.82) is 0 Å². The van der Waals surface area contributed by atoms with Crippen molar-refractivity contribution in [2.45, 2.75) is 70.9 Å². The number of carbonyl (C=O) groups is 4. The van der Waals surface area contributed by atoms with E-state index in [9.17, 15) is 29.4 Å². The molecule has 0 bridgehead atoms. The van der Waals surface area contributed by atoms with Gasteiger partial charge < -0.3 is 40.5 Å². The lowest BCUT2D eigenvalue weighted by Gasteiger charge is -2.49. The largest absolute Gasteiger partial charge is 0.492 e. The second kappa shape index (κ2) is 11.0. The number of guanidine groups is 1. The van der Waals surface area contributed by atoms with Crippen LogP contribution in [-0.2, 0) is 19.7 Å². The SMILES string of the molecule is C=C1N[C@H]2[C@H](CN3C(=O)CCC3=O)N=C(NC(=O)OCC(Cl)(Cl)Cl)N3C[C@H](NC(=O)c4cccc5c4OCCC54CC4)C(O)(O)[C@]23N1. The molecular weight excluding hydrogens is 681 g/mol. The lowest BCUT2D eigenvalue weighted by Crippen LogP contribution is -2.78. The van der Waals surface area contributed by atoms with Gasteiger partial charge in [-0.25, -0.2) is 9.79 Å². The molecule has 3 saturated heterocycles. The van der Waals surface area contributed by atoms with Crippen LogP contribution in [0.3, 0.4) is 0 Å². The number of fused-ring (bicyclic) bond motifs is 2. The fourth-order valence-corrected chi connectivity index (χ4v) is 7.56. The number of hydrogen-bond acceptors (Lipinski definition) is 12. The van der Waals surface area contributed by atoms with E-state index in [0.29, 0.717) is 12.4 Å². The Balaban J connectivity index is 1.22. The van der Waals surface area contributed by atoms with Gasteiger partial charge >= 0.3 is 6.09 Å². The van der Waals surface area contributed by atoms with Crippen LogP contribution in [0, 0.1) is 0 Å². The number of carbonyl (C=O) groups excluding carboxylic acids is 4. The highest BCUT2D eigenvalue weighted by Crippen LogP contribution is 2.56. The van der Waals surface area contributed by atoms with Crippen molar-refractivity contribution in [3.8, 4) is 5.75 Å². The minimum absolute atomic E-state index is 0.00358. The van der Waals surface area contributed by atoms with Gasteiger partial charge in [-0.15, -0.1) is 0 Å². The molecule has 15 nitrogen and oxygen atoms in total. The molecule has 252 valence electrons. The normalized spacial score (nSPS) is 29.6. The van der Waals surface area contributed by atoms with Crippen molar-refractivity contribution in [3.05, 3.63) is 41.7 Å². The quantitative estimate of drug-likeness (QED) is 0.140. The maximum atomic E-state index is 13.8. The van der Waals surface area contributed by atoms with Crippen LogP contribution < -0.4 is 26.0 Å². The lowest BCUT2D eigenvalue weighted by molar-refractivity contribution is -0.231. The first-order valence-electron chi connectivity index (χ1n) is 15.1. The van der Waals surface area contributed by atoms with E-state index in [1.165, 1.54) is 4.90 Å². The third kappa shape index (κ3) is 5.23. The van der Waals surface area contributed by atoms with Gasteiger partial charge in [-0.2, -0.15) is 0 Å². The molecule has 0 unspecified atom stereocenters. The Morgan fingerprint density at radius 1 is 1.17 bits per heavy atom. The van der Waals surface area contributed by atoms with Crippen molar-refractivity contribution < 1.29 is 38.9 Å². The molecule has 1 aromatic carbocycles. The number of rotatable bonds is 5. The Bertz CT molecular complexity index is 1600. The average Bonchev–Trinajstić information content (AvgIpc) is 3.49. The first kappa shape index (κ1) is 32.1. The molecule has 0 aromatic heterocycles. The zero-order valence-electron chi connectivity index (χ0n) is 24.9. The highest BCUT2D eigenvalue weighted by atomic mass is 35.6. The summed E-state index contributed by atoms with van der Waals surface area (Å²) in [5, 5.41) is 35.3. The number of aliphatic hydroxyl groups is 2. The topological polar surface area (TPSA) is 194 Å². The molecule has 4 amide bonds. The number of halogens is 3. The number of amides is 4. The third-order valence-corrected chi connectivity index (χ3v) is 10.1. The van der Waals surface area contributed by atoms with E-state index < -0.39 is 63.8 Å². The molecule has 18 heteroatoms. The molecule has 47 heavy (non-hydrogen) atoms. The van der Waals surface area contributed by atoms with Crippen LogP contribution in [0.25, 0.3) is 0 Å². The first-order valence-corrected chi connectivity index (χ1v) is 16.2. The number of hydrogen-bond donors (Lipinski definition) is 6. The number of aliphatic imine (C=N–C) groups is 1. The van der Waals surface area contributed by atoms with E-state index >= 15 is 0 Å². The van der Waals surface area contributed by atoms with E-state index in [-0.39, 0.29) is 48.7 Å². The molecule has 4 fully saturated rings. The Kier molecular flexibility index (Phi) is 7.52. The van der Waals surface area contributed by atoms with Crippen molar-refractivity contribution in [3.63, 3.8) is 0 Å². The predicted octanol–water partition coefficient (Wildman–Crippen LogP) is 0.308. The van der Waals surface area contributed by atoms with Crippen LogP contribution in [0.15, 0.2) is 35.6 Å². The summed E-state index contributed by atoms with van der Waals surface area (Å²) in [4.78, 5) is 58.8. The van der Waals surface area contributed by atoms with Crippen molar-refractivity contribution in [2.24, 2.45) is 4.99 Å². The number of para-hydroxylation sites is 1. The number of nitrogens with zero attached hydrogens (tertiary/aromatic N) is 3. The molecule has 1 aliphatic carbocycles. The predicted molar refractivity (Wildman–Crippen MR) is 166 cm³/mol. The molecule has 5 aliphatic heterocycles. The highest BCUT2D eigenvalue weighted by molar-refractivity contribution is 6.67. The molecule has 2 spiro atoms. The van der Waals surface area contributed by atoms with Crippen LogP contribution >= 0.6 is 34.8 Å². The summed E-state index contributed by atoms with van der Waals surface area (Å²) in [7, 11) is 0. The number of likely N-dealkylation sites (tertiary alicyclic amines) is 1. The Labute approximate surface area is 283 Å². The van der Waals surface area contributed by atoms with Crippen LogP contribution in [-0.4, -0.2) is 109 Å². The van der Waals surface area contributed by atoms with Crippen LogP contribution in [0.1, 0.15) is 48.0 Å². The molecule has 7 rings (SSSR count). The fraction of sp³-hybridized carbons (Fsp3) is 0.552. The number of imide groups is 1. The maximum Gasteiger partial charge on any atom is 0.414 e. The number of benzene rings is 1. The standard InChI is InChI=1S/C29H32Cl3N7O8/c1-14-33-22-17(11-38-19(40)5-6-20(38)41)34-24(36-25(43)47-13-27(30,31)32)39-12-18(29(44,45)28(22,39)37-14)35-23(42)15-3-2-4-16-21(15)46-10-9-26(16)7-8-26/h2-4,17-18,22,33,37,44-45H,1,5-13H2,(H,35,42)(H,34,36,43)/t17-,18-,22-,28-/m0/s1. The summed E-state index contributed by atoms with van der Waals surface area (Å²) in [6, 6.07) is 1.89. The highest BCUT2D eigenvalue weighted by Gasteiger charge is 2.74. The number of nitrogens with one attached hydrogen (secondary N) is 4. The summed E-state index contributed by atoms with van der Waals surface area (Å²) in [5.74, 6) is -3.79. The molecular formula is C29H32Cl3N7O8. The van der Waals surface area contributed by atoms with Gasteiger partial charge in [0.25, 0.3) is 5.91 Å². The summed E-state index contributed by atoms with van der Waals surface area (Å²) in [5.41, 5.74) is -0.729. The summed E-state index contributed by atoms with van der Waals surface area (Å²) < 4.78 is 9.06. The molecule has 5 heterocycles. The monoisotopic (exact) mass is 711 g/mol. The maximum absolute atomic E-state index is 13.8. The van der Waals surface area contributed by atoms with Gasteiger partial charge in [0.2, 0.25) is 27.4 Å². The Morgan fingerprint density at radius 3 is 2.57 bits per heavy atom. The first-order chi connectivity index (χ1) is 22.1. The van der Waals surface area contributed by atoms with Crippen LogP contribution in [0.2, 0.25) is 0 Å². The number of alkyl carbamates (subject to hydrolysis) is 1. The van der Waals surface area contributed by atoms with E-state index in [1.54, 1.807) is 12.1 Å². The fourth-order valence-electron chi connectivity index (χ4n) is 7.40. The lowest BCUT2D eigenvalue weighted by atomic mass is 9.84. The van der Waals surface area contributed by atoms with E-state index in [4.69, 9.17) is 44.3 Å². The van der Waals surface area contributed by atoms with Crippen LogP contribution in [0.4, 0.5) is 4.79 Å². The van der Waals surface area contributed by atoms with Gasteiger partial charge in [-0.05, 0) is 25.3 Å². The second-order valence-electron chi connectivity index (χ2n) is 12.7. The number of ether oxygens (including phenoxy) is 2. The second-order valence-corrected chi connectivity index (χ2v) is 15.2. The van der Waals surface area contributed by atoms with Gasteiger partial charge in [0.1, 0.15) is 18.4 Å². The van der Waals surface area contributed by atoms with Crippen molar-refractivity contribution in [1.82, 2.24) is 31.1 Å². The molecule has 0 radical (unpaired) electrons. The average molecular weight is 713 g/mol. The van der Waals surface area contributed by atoms with Gasteiger partial charge in [-0.1, -0.05) is 53.5 Å². The van der Waals surface area contributed by atoms with Gasteiger partial charge in [0, 0.05) is 30.4 Å².